The SMILES string of the molecule is CC(C)=C1C2=C(CC=CC2)C1=C(C)C. The highest BCUT2D eigenvalue weighted by Gasteiger charge is 2.30. The van der Waals surface area contributed by atoms with E-state index in [1.807, 2.05) is 0 Å². The molecular weight excluding hydrogens is 168 g/mol. The Hall–Kier alpha value is -1.04. The lowest BCUT2D eigenvalue weighted by atomic mass is 9.69. The number of allylic oxidation sites excluding steroid dienone is 8. The minimum atomic E-state index is 1.15. The van der Waals surface area contributed by atoms with Crippen LogP contribution in [0.15, 0.2) is 45.6 Å². The van der Waals surface area contributed by atoms with Crippen molar-refractivity contribution in [2.45, 2.75) is 40.5 Å². The highest BCUT2D eigenvalue weighted by atomic mass is 14.3. The number of hydrogen-bond donors (Lipinski definition) is 0. The summed E-state index contributed by atoms with van der Waals surface area (Å²) in [4.78, 5) is 0. The largest absolute Gasteiger partial charge is 0.0838 e. The summed E-state index contributed by atoms with van der Waals surface area (Å²) in [5, 5.41) is 0. The van der Waals surface area contributed by atoms with Crippen LogP contribution in [-0.4, -0.2) is 0 Å². The number of hydrogen-bond acceptors (Lipinski definition) is 0. The van der Waals surface area contributed by atoms with Crippen molar-refractivity contribution in [2.24, 2.45) is 0 Å². The molecule has 2 aliphatic carbocycles. The van der Waals surface area contributed by atoms with E-state index in [9.17, 15) is 0 Å². The van der Waals surface area contributed by atoms with Crippen LogP contribution in [0.5, 0.6) is 0 Å². The fraction of sp³-hybridized carbons (Fsp3) is 0.429. The van der Waals surface area contributed by atoms with Crippen LogP contribution in [0.2, 0.25) is 0 Å². The summed E-state index contributed by atoms with van der Waals surface area (Å²) in [6, 6.07) is 0. The summed E-state index contributed by atoms with van der Waals surface area (Å²) < 4.78 is 0. The molecule has 0 heterocycles. The molecule has 2 rings (SSSR count). The molecule has 74 valence electrons. The van der Waals surface area contributed by atoms with Crippen molar-refractivity contribution in [1.82, 2.24) is 0 Å². The van der Waals surface area contributed by atoms with Crippen LogP contribution < -0.4 is 0 Å². The van der Waals surface area contributed by atoms with Crippen molar-refractivity contribution >= 4 is 0 Å². The van der Waals surface area contributed by atoms with Gasteiger partial charge in [0.2, 0.25) is 0 Å². The van der Waals surface area contributed by atoms with E-state index >= 15 is 0 Å². The molecule has 0 nitrogen and oxygen atoms in total. The molecule has 0 radical (unpaired) electrons. The Kier molecular flexibility index (Phi) is 2.22. The van der Waals surface area contributed by atoms with Crippen LogP contribution in [-0.2, 0) is 0 Å². The smallest absolute Gasteiger partial charge is 0.00881 e. The fourth-order valence-electron chi connectivity index (χ4n) is 2.50. The first kappa shape index (κ1) is 9.51. The van der Waals surface area contributed by atoms with Gasteiger partial charge in [-0.05, 0) is 62.8 Å². The summed E-state index contributed by atoms with van der Waals surface area (Å²) in [5.74, 6) is 0. The van der Waals surface area contributed by atoms with Crippen molar-refractivity contribution < 1.29 is 0 Å². The maximum Gasteiger partial charge on any atom is -0.00881 e. The molecule has 0 aromatic heterocycles. The molecule has 0 bridgehead atoms. The molecule has 0 saturated heterocycles. The zero-order chi connectivity index (χ0) is 10.3. The van der Waals surface area contributed by atoms with Gasteiger partial charge in [0.25, 0.3) is 0 Å². The first-order chi connectivity index (χ1) is 6.63. The molecule has 0 aromatic rings. The van der Waals surface area contributed by atoms with E-state index in [1.165, 1.54) is 11.1 Å². The Morgan fingerprint density at radius 1 is 0.786 bits per heavy atom. The van der Waals surface area contributed by atoms with E-state index in [1.54, 1.807) is 22.3 Å². The average Bonchev–Trinajstić information content (AvgIpc) is 2.05. The first-order valence-corrected chi connectivity index (χ1v) is 5.36. The van der Waals surface area contributed by atoms with Gasteiger partial charge in [0.1, 0.15) is 0 Å². The molecule has 0 amide bonds. The molecule has 0 aliphatic heterocycles. The lowest BCUT2D eigenvalue weighted by molar-refractivity contribution is 0.956. The first-order valence-electron chi connectivity index (χ1n) is 5.36. The minimum Gasteiger partial charge on any atom is -0.0838 e. The molecule has 14 heavy (non-hydrogen) atoms. The van der Waals surface area contributed by atoms with Crippen LogP contribution in [0.3, 0.4) is 0 Å². The molecule has 0 fully saturated rings. The predicted octanol–water partition coefficient (Wildman–Crippen LogP) is 4.32. The molecule has 0 spiro atoms. The van der Waals surface area contributed by atoms with Crippen molar-refractivity contribution in [1.29, 1.82) is 0 Å². The summed E-state index contributed by atoms with van der Waals surface area (Å²) in [6.45, 7) is 8.89. The van der Waals surface area contributed by atoms with Crippen molar-refractivity contribution in [3.63, 3.8) is 0 Å². The van der Waals surface area contributed by atoms with E-state index in [-0.39, 0.29) is 0 Å². The molecule has 0 saturated carbocycles. The van der Waals surface area contributed by atoms with Crippen molar-refractivity contribution in [2.75, 3.05) is 0 Å². The van der Waals surface area contributed by atoms with E-state index in [2.05, 4.69) is 39.8 Å². The third-order valence-corrected chi connectivity index (χ3v) is 3.03. The Balaban J connectivity index is 2.54. The van der Waals surface area contributed by atoms with E-state index in [4.69, 9.17) is 0 Å². The van der Waals surface area contributed by atoms with Crippen molar-refractivity contribution in [3.05, 3.63) is 45.6 Å². The van der Waals surface area contributed by atoms with Crippen LogP contribution in [0.1, 0.15) is 40.5 Å². The highest BCUT2D eigenvalue weighted by Crippen LogP contribution is 2.48. The third kappa shape index (κ3) is 1.21. The van der Waals surface area contributed by atoms with Crippen LogP contribution in [0.25, 0.3) is 0 Å². The summed E-state index contributed by atoms with van der Waals surface area (Å²) in [5.41, 5.74) is 9.23. The molecule has 0 heteroatoms. The molecule has 0 unspecified atom stereocenters. The zero-order valence-corrected chi connectivity index (χ0v) is 9.57. The molecule has 2 aliphatic rings. The lowest BCUT2D eigenvalue weighted by Crippen LogP contribution is -2.16. The highest BCUT2D eigenvalue weighted by molar-refractivity contribution is 5.73. The molecule has 0 N–H and O–H groups in total. The molecular formula is C14H18. The van der Waals surface area contributed by atoms with Gasteiger partial charge in [0, 0.05) is 0 Å². The molecule has 0 aromatic carbocycles. The van der Waals surface area contributed by atoms with Gasteiger partial charge < -0.3 is 0 Å². The van der Waals surface area contributed by atoms with Gasteiger partial charge in [-0.25, -0.2) is 0 Å². The quantitative estimate of drug-likeness (QED) is 0.494. The van der Waals surface area contributed by atoms with Crippen molar-refractivity contribution in [3.8, 4) is 0 Å². The zero-order valence-electron chi connectivity index (χ0n) is 9.57. The van der Waals surface area contributed by atoms with Crippen LogP contribution in [0, 0.1) is 0 Å². The van der Waals surface area contributed by atoms with Crippen LogP contribution >= 0.6 is 0 Å². The second-order valence-electron chi connectivity index (χ2n) is 4.59. The van der Waals surface area contributed by atoms with Gasteiger partial charge in [-0.3, -0.25) is 0 Å². The average molecular weight is 186 g/mol. The Morgan fingerprint density at radius 2 is 1.14 bits per heavy atom. The molecule has 0 atom stereocenters. The van der Waals surface area contributed by atoms with E-state index < -0.39 is 0 Å². The second-order valence-corrected chi connectivity index (χ2v) is 4.59. The van der Waals surface area contributed by atoms with Gasteiger partial charge in [0.05, 0.1) is 0 Å². The van der Waals surface area contributed by atoms with Gasteiger partial charge in [0.15, 0.2) is 0 Å². The third-order valence-electron chi connectivity index (χ3n) is 3.03. The summed E-state index contributed by atoms with van der Waals surface area (Å²) in [6.07, 6.45) is 6.88. The summed E-state index contributed by atoms with van der Waals surface area (Å²) in [7, 11) is 0. The predicted molar refractivity (Wildman–Crippen MR) is 62.1 cm³/mol. The van der Waals surface area contributed by atoms with Gasteiger partial charge in [-0.1, -0.05) is 23.3 Å². The normalized spacial score (nSPS) is 19.4. The Bertz CT molecular complexity index is 352. The maximum atomic E-state index is 2.30. The minimum absolute atomic E-state index is 1.15. The van der Waals surface area contributed by atoms with E-state index in [0.717, 1.165) is 12.8 Å². The topological polar surface area (TPSA) is 0 Å². The lowest BCUT2D eigenvalue weighted by Gasteiger charge is -2.35. The summed E-state index contributed by atoms with van der Waals surface area (Å²) >= 11 is 0. The van der Waals surface area contributed by atoms with Crippen LogP contribution in [0.4, 0.5) is 0 Å². The standard InChI is InChI=1S/C14H18/c1-9(2)13-11-7-5-6-8-12(11)14(13)10(3)4/h5-6H,7-8H2,1-4H3. The van der Waals surface area contributed by atoms with Gasteiger partial charge in [-0.15, -0.1) is 0 Å². The monoisotopic (exact) mass is 186 g/mol. The van der Waals surface area contributed by atoms with E-state index in [0.29, 0.717) is 0 Å². The van der Waals surface area contributed by atoms with Gasteiger partial charge in [-0.2, -0.15) is 0 Å². The fourth-order valence-corrected chi connectivity index (χ4v) is 2.50. The van der Waals surface area contributed by atoms with Gasteiger partial charge >= 0.3 is 0 Å². The Labute approximate surface area is 86.7 Å². The maximum absolute atomic E-state index is 2.30. The Morgan fingerprint density at radius 3 is 1.43 bits per heavy atom. The number of rotatable bonds is 0. The second kappa shape index (κ2) is 3.27.